The highest BCUT2D eigenvalue weighted by atomic mass is 35.5. The van der Waals surface area contributed by atoms with Gasteiger partial charge in [-0.15, -0.1) is 0 Å². The van der Waals surface area contributed by atoms with E-state index >= 15 is 0 Å². The molecular formula is C22H24Cl2N2O5S. The summed E-state index contributed by atoms with van der Waals surface area (Å²) in [5, 5.41) is 0.743. The molecule has 7 nitrogen and oxygen atoms in total. The van der Waals surface area contributed by atoms with E-state index in [1.807, 2.05) is 0 Å². The van der Waals surface area contributed by atoms with Gasteiger partial charge in [0.15, 0.2) is 5.78 Å². The van der Waals surface area contributed by atoms with E-state index in [1.165, 1.54) is 23.4 Å². The Hall–Kier alpha value is -2.13. The average molecular weight is 499 g/mol. The number of carbonyl (C=O) groups is 2. The molecule has 2 aromatic rings. The number of hydrogen-bond acceptors (Lipinski definition) is 5. The summed E-state index contributed by atoms with van der Waals surface area (Å²) < 4.78 is 32.8. The molecule has 1 saturated heterocycles. The molecule has 0 aliphatic carbocycles. The molecule has 1 aliphatic rings. The van der Waals surface area contributed by atoms with Gasteiger partial charge in [0.25, 0.3) is 0 Å². The van der Waals surface area contributed by atoms with Crippen LogP contribution < -0.4 is 4.74 Å². The molecule has 0 aromatic heterocycles. The Bertz CT molecular complexity index is 1100. The second-order valence-corrected chi connectivity index (χ2v) is 10.1. The molecule has 0 bridgehead atoms. The molecule has 1 aliphatic heterocycles. The van der Waals surface area contributed by atoms with Gasteiger partial charge in [0.05, 0.1) is 16.5 Å². The van der Waals surface area contributed by atoms with E-state index in [0.29, 0.717) is 47.5 Å². The highest BCUT2D eigenvalue weighted by Crippen LogP contribution is 2.31. The number of ketones is 1. The summed E-state index contributed by atoms with van der Waals surface area (Å²) in [6.45, 7) is 2.73. The van der Waals surface area contributed by atoms with Crippen LogP contribution in [0.25, 0.3) is 0 Å². The molecule has 0 spiro atoms. The Labute approximate surface area is 197 Å². The molecule has 0 unspecified atom stereocenters. The zero-order valence-electron chi connectivity index (χ0n) is 17.6. The van der Waals surface area contributed by atoms with E-state index in [9.17, 15) is 18.0 Å². The predicted molar refractivity (Wildman–Crippen MR) is 123 cm³/mol. The predicted octanol–water partition coefficient (Wildman–Crippen LogP) is 3.89. The summed E-state index contributed by atoms with van der Waals surface area (Å²) in [6.07, 6.45) is 0.781. The van der Waals surface area contributed by atoms with Crippen molar-refractivity contribution in [3.63, 3.8) is 0 Å². The van der Waals surface area contributed by atoms with Crippen molar-refractivity contribution in [2.45, 2.75) is 24.7 Å². The maximum atomic E-state index is 12.9. The summed E-state index contributed by atoms with van der Waals surface area (Å²) in [6, 6.07) is 11.1. The van der Waals surface area contributed by atoms with Gasteiger partial charge in [-0.3, -0.25) is 9.59 Å². The highest BCUT2D eigenvalue weighted by molar-refractivity contribution is 7.89. The van der Waals surface area contributed by atoms with Crippen LogP contribution in [0.2, 0.25) is 10.0 Å². The van der Waals surface area contributed by atoms with E-state index in [0.717, 1.165) is 0 Å². The number of rotatable bonds is 8. The number of hydrogen-bond donors (Lipinski definition) is 0. The molecule has 1 amide bonds. The first-order valence-corrected chi connectivity index (χ1v) is 12.4. The third kappa shape index (κ3) is 5.81. The van der Waals surface area contributed by atoms with Crippen molar-refractivity contribution in [2.24, 2.45) is 0 Å². The number of ether oxygens (including phenoxy) is 1. The van der Waals surface area contributed by atoms with Crippen LogP contribution in [-0.4, -0.2) is 62.1 Å². The number of Topliss-reactive ketones (excluding diaryl/α,β-unsaturated/α-hetero) is 1. The topological polar surface area (TPSA) is 84.0 Å². The molecule has 2 aromatic carbocycles. The maximum absolute atomic E-state index is 12.9. The summed E-state index contributed by atoms with van der Waals surface area (Å²) in [5.74, 6) is 0.222. The first kappa shape index (κ1) is 24.5. The lowest BCUT2D eigenvalue weighted by Crippen LogP contribution is -2.50. The Morgan fingerprint density at radius 3 is 2.41 bits per heavy atom. The minimum absolute atomic E-state index is 0.0542. The van der Waals surface area contributed by atoms with Crippen LogP contribution in [-0.2, 0) is 14.8 Å². The van der Waals surface area contributed by atoms with Crippen LogP contribution in [0.1, 0.15) is 30.1 Å². The number of benzene rings is 2. The van der Waals surface area contributed by atoms with Crippen molar-refractivity contribution in [3.05, 3.63) is 58.1 Å². The van der Waals surface area contributed by atoms with E-state index in [-0.39, 0.29) is 36.1 Å². The quantitative estimate of drug-likeness (QED) is 0.407. The summed E-state index contributed by atoms with van der Waals surface area (Å²) in [4.78, 5) is 25.8. The summed E-state index contributed by atoms with van der Waals surface area (Å²) in [5.41, 5.74) is 0.348. The van der Waals surface area contributed by atoms with Crippen molar-refractivity contribution in [2.75, 3.05) is 32.8 Å². The first-order valence-electron chi connectivity index (χ1n) is 10.2. The lowest BCUT2D eigenvalue weighted by atomic mass is 10.2. The zero-order chi connectivity index (χ0) is 23.3. The van der Waals surface area contributed by atoms with Gasteiger partial charge in [0.1, 0.15) is 10.8 Å². The fraction of sp³-hybridized carbons (Fsp3) is 0.364. The van der Waals surface area contributed by atoms with E-state index in [2.05, 4.69) is 0 Å². The largest absolute Gasteiger partial charge is 0.492 e. The molecular weight excluding hydrogens is 475 g/mol. The van der Waals surface area contributed by atoms with Crippen LogP contribution in [0.5, 0.6) is 5.75 Å². The van der Waals surface area contributed by atoms with Gasteiger partial charge in [-0.25, -0.2) is 8.42 Å². The van der Waals surface area contributed by atoms with E-state index in [4.69, 9.17) is 27.9 Å². The van der Waals surface area contributed by atoms with Gasteiger partial charge in [0.2, 0.25) is 15.9 Å². The lowest BCUT2D eigenvalue weighted by molar-refractivity contribution is -0.132. The molecule has 1 fully saturated rings. The van der Waals surface area contributed by atoms with Crippen LogP contribution in [0.15, 0.2) is 47.4 Å². The fourth-order valence-electron chi connectivity index (χ4n) is 3.36. The van der Waals surface area contributed by atoms with Gasteiger partial charge in [-0.2, -0.15) is 4.31 Å². The average Bonchev–Trinajstić information content (AvgIpc) is 2.79. The van der Waals surface area contributed by atoms with Crippen molar-refractivity contribution in [3.8, 4) is 5.75 Å². The molecule has 0 N–H and O–H groups in total. The monoisotopic (exact) mass is 498 g/mol. The molecule has 0 atom stereocenters. The standard InChI is InChI=1S/C22H24Cl2N2O5S/c1-16(27)17-5-2-6-18(15-17)32(29,30)26-12-10-25(11-13-26)21(28)9-4-14-31-20-8-3-7-19(23)22(20)24/h2-3,5-8,15H,4,9-14H2,1H3. The first-order chi connectivity index (χ1) is 15.2. The molecule has 172 valence electrons. The van der Waals surface area contributed by atoms with Gasteiger partial charge in [-0.1, -0.05) is 41.4 Å². The van der Waals surface area contributed by atoms with Crippen LogP contribution >= 0.6 is 23.2 Å². The third-order valence-electron chi connectivity index (χ3n) is 5.18. The van der Waals surface area contributed by atoms with Crippen molar-refractivity contribution < 1.29 is 22.7 Å². The second-order valence-electron chi connectivity index (χ2n) is 7.37. The molecule has 3 rings (SSSR count). The Morgan fingerprint density at radius 1 is 1.03 bits per heavy atom. The Balaban J connectivity index is 1.48. The van der Waals surface area contributed by atoms with Crippen LogP contribution in [0, 0.1) is 0 Å². The lowest BCUT2D eigenvalue weighted by Gasteiger charge is -2.34. The molecule has 1 heterocycles. The number of amides is 1. The molecule has 10 heteroatoms. The summed E-state index contributed by atoms with van der Waals surface area (Å²) >= 11 is 12.0. The van der Waals surface area contributed by atoms with Crippen molar-refractivity contribution in [1.82, 2.24) is 9.21 Å². The zero-order valence-corrected chi connectivity index (χ0v) is 19.9. The minimum atomic E-state index is -3.73. The number of piperazine rings is 1. The smallest absolute Gasteiger partial charge is 0.243 e. The Kier molecular flexibility index (Phi) is 8.16. The van der Waals surface area contributed by atoms with Gasteiger partial charge >= 0.3 is 0 Å². The minimum Gasteiger partial charge on any atom is -0.492 e. The second kappa shape index (κ2) is 10.7. The third-order valence-corrected chi connectivity index (χ3v) is 7.87. The fourth-order valence-corrected chi connectivity index (χ4v) is 5.18. The number of sulfonamides is 1. The highest BCUT2D eigenvalue weighted by Gasteiger charge is 2.30. The van der Waals surface area contributed by atoms with E-state index in [1.54, 1.807) is 35.2 Å². The number of halogens is 2. The Morgan fingerprint density at radius 2 is 1.72 bits per heavy atom. The van der Waals surface area contributed by atoms with Crippen LogP contribution in [0.3, 0.4) is 0 Å². The van der Waals surface area contributed by atoms with Gasteiger partial charge in [0, 0.05) is 38.2 Å². The maximum Gasteiger partial charge on any atom is 0.243 e. The van der Waals surface area contributed by atoms with E-state index < -0.39 is 10.0 Å². The normalized spacial score (nSPS) is 14.9. The molecule has 32 heavy (non-hydrogen) atoms. The number of carbonyl (C=O) groups excluding carboxylic acids is 2. The van der Waals surface area contributed by atoms with Crippen molar-refractivity contribution >= 4 is 44.9 Å². The SMILES string of the molecule is CC(=O)c1cccc(S(=O)(=O)N2CCN(C(=O)CCCOc3cccc(Cl)c3Cl)CC2)c1. The van der Waals surface area contributed by atoms with Crippen molar-refractivity contribution in [1.29, 1.82) is 0 Å². The molecule has 0 radical (unpaired) electrons. The van der Waals surface area contributed by atoms with Gasteiger partial charge < -0.3 is 9.64 Å². The van der Waals surface area contributed by atoms with Gasteiger partial charge in [-0.05, 0) is 37.6 Å². The summed E-state index contributed by atoms with van der Waals surface area (Å²) in [7, 11) is -3.73. The molecule has 0 saturated carbocycles. The van der Waals surface area contributed by atoms with Crippen LogP contribution in [0.4, 0.5) is 0 Å². The number of nitrogens with zero attached hydrogens (tertiary/aromatic N) is 2.